The van der Waals surface area contributed by atoms with Gasteiger partial charge in [0, 0.05) is 64.2 Å². The van der Waals surface area contributed by atoms with Crippen LogP contribution in [0.15, 0.2) is 15.6 Å². The topological polar surface area (TPSA) is 86.0 Å². The number of aliphatic imine (C=N–C) groups is 1. The average Bonchev–Trinajstić information content (AvgIpc) is 3.19. The molecular weight excluding hydrogens is 380 g/mol. The molecule has 0 aromatic carbocycles. The van der Waals surface area contributed by atoms with Gasteiger partial charge >= 0.3 is 0 Å². The van der Waals surface area contributed by atoms with Crippen molar-refractivity contribution in [2.45, 2.75) is 58.4 Å². The third-order valence-corrected chi connectivity index (χ3v) is 6.49. The molecule has 0 atom stereocenters. The molecule has 168 valence electrons. The lowest BCUT2D eigenvalue weighted by atomic mass is 9.84. The molecule has 1 amide bonds. The van der Waals surface area contributed by atoms with Crippen molar-refractivity contribution in [3.05, 3.63) is 17.5 Å². The molecule has 2 fully saturated rings. The first-order chi connectivity index (χ1) is 14.6. The van der Waals surface area contributed by atoms with Crippen molar-refractivity contribution < 1.29 is 9.32 Å². The molecule has 2 heterocycles. The van der Waals surface area contributed by atoms with Gasteiger partial charge in [0.05, 0.1) is 12.2 Å². The van der Waals surface area contributed by atoms with Crippen LogP contribution in [0.5, 0.6) is 0 Å². The fourth-order valence-corrected chi connectivity index (χ4v) is 4.14. The van der Waals surface area contributed by atoms with E-state index in [0.717, 1.165) is 82.4 Å². The molecule has 2 N–H and O–H groups in total. The molecule has 30 heavy (non-hydrogen) atoms. The van der Waals surface area contributed by atoms with Gasteiger partial charge in [-0.1, -0.05) is 25.4 Å². The van der Waals surface area contributed by atoms with Crippen molar-refractivity contribution in [3.8, 4) is 0 Å². The lowest BCUT2D eigenvalue weighted by Crippen LogP contribution is -2.52. The minimum absolute atomic E-state index is 0.308. The minimum atomic E-state index is 0.308. The predicted octanol–water partition coefficient (Wildman–Crippen LogP) is 2.19. The van der Waals surface area contributed by atoms with E-state index in [9.17, 15) is 4.79 Å². The van der Waals surface area contributed by atoms with Crippen LogP contribution in [-0.4, -0.2) is 73.1 Å². The monoisotopic (exact) mass is 418 g/mol. The normalized spacial score (nSPS) is 18.5. The average molecular weight is 419 g/mol. The van der Waals surface area contributed by atoms with E-state index in [1.54, 1.807) is 7.05 Å². The van der Waals surface area contributed by atoms with Crippen LogP contribution in [0.25, 0.3) is 0 Å². The molecule has 0 unspecified atom stereocenters. The Morgan fingerprint density at radius 2 is 1.97 bits per heavy atom. The molecule has 0 radical (unpaired) electrons. The fraction of sp³-hybridized carbons (Fsp3) is 0.773. The maximum atomic E-state index is 12.4. The summed E-state index contributed by atoms with van der Waals surface area (Å²) in [5.74, 6) is 2.73. The Hall–Kier alpha value is -2.09. The molecule has 2 aliphatic rings. The van der Waals surface area contributed by atoms with E-state index in [0.29, 0.717) is 24.3 Å². The van der Waals surface area contributed by atoms with E-state index < -0.39 is 0 Å². The second-order valence-electron chi connectivity index (χ2n) is 8.38. The van der Waals surface area contributed by atoms with Gasteiger partial charge in [-0.05, 0) is 25.7 Å². The van der Waals surface area contributed by atoms with Crippen LogP contribution < -0.4 is 10.6 Å². The van der Waals surface area contributed by atoms with Gasteiger partial charge in [-0.15, -0.1) is 0 Å². The van der Waals surface area contributed by atoms with Gasteiger partial charge in [0.1, 0.15) is 0 Å². The molecule has 1 saturated carbocycles. The van der Waals surface area contributed by atoms with Gasteiger partial charge < -0.3 is 20.1 Å². The molecular formula is C22H38N6O2. The van der Waals surface area contributed by atoms with Crippen LogP contribution in [0.2, 0.25) is 0 Å². The molecule has 1 saturated heterocycles. The van der Waals surface area contributed by atoms with Gasteiger partial charge in [0.15, 0.2) is 11.7 Å². The molecule has 1 aliphatic carbocycles. The van der Waals surface area contributed by atoms with E-state index in [1.807, 2.05) is 6.07 Å². The zero-order valence-electron chi connectivity index (χ0n) is 18.8. The van der Waals surface area contributed by atoms with Gasteiger partial charge in [-0.2, -0.15) is 0 Å². The summed E-state index contributed by atoms with van der Waals surface area (Å²) >= 11 is 0. The molecule has 8 heteroatoms. The smallest absolute Gasteiger partial charge is 0.225 e. The van der Waals surface area contributed by atoms with Crippen molar-refractivity contribution >= 4 is 11.9 Å². The second-order valence-corrected chi connectivity index (χ2v) is 8.38. The number of aromatic nitrogens is 1. The zero-order valence-corrected chi connectivity index (χ0v) is 18.8. The quantitative estimate of drug-likeness (QED) is 0.472. The number of guanidine groups is 1. The van der Waals surface area contributed by atoms with Crippen molar-refractivity contribution in [1.29, 1.82) is 0 Å². The van der Waals surface area contributed by atoms with Crippen molar-refractivity contribution in [2.75, 3.05) is 46.3 Å². The second kappa shape index (κ2) is 11.3. The van der Waals surface area contributed by atoms with Gasteiger partial charge in [-0.25, -0.2) is 0 Å². The molecule has 0 bridgehead atoms. The van der Waals surface area contributed by atoms with E-state index >= 15 is 0 Å². The number of hydrogen-bond donors (Lipinski definition) is 2. The van der Waals surface area contributed by atoms with Crippen molar-refractivity contribution in [3.63, 3.8) is 0 Å². The maximum Gasteiger partial charge on any atom is 0.225 e. The van der Waals surface area contributed by atoms with Crippen LogP contribution in [-0.2, 0) is 11.3 Å². The van der Waals surface area contributed by atoms with Crippen LogP contribution in [0.3, 0.4) is 0 Å². The number of piperazine rings is 1. The molecule has 8 nitrogen and oxygen atoms in total. The highest BCUT2D eigenvalue weighted by Crippen LogP contribution is 2.28. The van der Waals surface area contributed by atoms with Crippen LogP contribution in [0, 0.1) is 5.92 Å². The summed E-state index contributed by atoms with van der Waals surface area (Å²) in [4.78, 5) is 21.1. The number of carbonyl (C=O) groups excluding carboxylic acids is 1. The van der Waals surface area contributed by atoms with Crippen LogP contribution in [0.4, 0.5) is 0 Å². The molecule has 0 spiro atoms. The summed E-state index contributed by atoms with van der Waals surface area (Å²) < 4.78 is 5.47. The SMILES string of the molecule is CCC(CC)c1cc(CNC(=NC)NCCN2CCN(C(=O)C3CCC3)CC2)on1. The molecule has 3 rings (SSSR count). The first-order valence-corrected chi connectivity index (χ1v) is 11.6. The van der Waals surface area contributed by atoms with E-state index in [2.05, 4.69) is 44.4 Å². The Balaban J connectivity index is 1.33. The van der Waals surface area contributed by atoms with Crippen LogP contribution >= 0.6 is 0 Å². The lowest BCUT2D eigenvalue weighted by molar-refractivity contribution is -0.139. The predicted molar refractivity (Wildman–Crippen MR) is 118 cm³/mol. The Kier molecular flexibility index (Phi) is 8.54. The van der Waals surface area contributed by atoms with Gasteiger partial charge in [0.2, 0.25) is 5.91 Å². The fourth-order valence-electron chi connectivity index (χ4n) is 4.14. The summed E-state index contributed by atoms with van der Waals surface area (Å²) in [6.45, 7) is 10.3. The maximum absolute atomic E-state index is 12.4. The zero-order chi connectivity index (χ0) is 21.3. The highest BCUT2D eigenvalue weighted by Gasteiger charge is 2.31. The highest BCUT2D eigenvalue weighted by molar-refractivity contribution is 5.80. The van der Waals surface area contributed by atoms with E-state index in [1.165, 1.54) is 6.42 Å². The number of amides is 1. The van der Waals surface area contributed by atoms with Crippen molar-refractivity contribution in [2.24, 2.45) is 10.9 Å². The number of carbonyl (C=O) groups is 1. The Bertz CT molecular complexity index is 688. The Morgan fingerprint density at radius 3 is 2.57 bits per heavy atom. The molecule has 1 aromatic heterocycles. The molecule has 1 aliphatic heterocycles. The third kappa shape index (κ3) is 5.97. The largest absolute Gasteiger partial charge is 0.359 e. The molecule has 1 aromatic rings. The summed E-state index contributed by atoms with van der Waals surface area (Å²) in [5.41, 5.74) is 1.04. The number of hydrogen-bond acceptors (Lipinski definition) is 5. The minimum Gasteiger partial charge on any atom is -0.359 e. The van der Waals surface area contributed by atoms with Gasteiger partial charge in [0.25, 0.3) is 0 Å². The summed E-state index contributed by atoms with van der Waals surface area (Å²) in [6.07, 6.45) is 5.53. The Morgan fingerprint density at radius 1 is 1.23 bits per heavy atom. The summed E-state index contributed by atoms with van der Waals surface area (Å²) in [7, 11) is 1.77. The van der Waals surface area contributed by atoms with E-state index in [-0.39, 0.29) is 0 Å². The number of nitrogens with zero attached hydrogens (tertiary/aromatic N) is 4. The summed E-state index contributed by atoms with van der Waals surface area (Å²) in [6, 6.07) is 2.04. The Labute approximate surface area is 180 Å². The first kappa shape index (κ1) is 22.6. The van der Waals surface area contributed by atoms with Crippen molar-refractivity contribution in [1.82, 2.24) is 25.6 Å². The standard InChI is InChI=1S/C22H38N6O2/c1-4-17(5-2)20-15-19(30-26-20)16-25-22(23-3)24-9-10-27-11-13-28(14-12-27)21(29)18-7-6-8-18/h15,17-18H,4-14,16H2,1-3H3,(H2,23,24,25). The number of rotatable bonds is 9. The van der Waals surface area contributed by atoms with Gasteiger partial charge in [-0.3, -0.25) is 14.7 Å². The lowest BCUT2D eigenvalue weighted by Gasteiger charge is -2.38. The van der Waals surface area contributed by atoms with E-state index in [4.69, 9.17) is 4.52 Å². The third-order valence-electron chi connectivity index (χ3n) is 6.49. The summed E-state index contributed by atoms with van der Waals surface area (Å²) in [5, 5.41) is 10.9. The number of nitrogens with one attached hydrogen (secondary N) is 2. The highest BCUT2D eigenvalue weighted by atomic mass is 16.5. The van der Waals surface area contributed by atoms with Crippen LogP contribution in [0.1, 0.15) is 63.3 Å². The first-order valence-electron chi connectivity index (χ1n) is 11.6.